The molecule has 3 unspecified atom stereocenters. The third kappa shape index (κ3) is 3.47. The maximum atomic E-state index is 3.96. The lowest BCUT2D eigenvalue weighted by Crippen LogP contribution is -2.45. The van der Waals surface area contributed by atoms with Crippen molar-refractivity contribution in [3.05, 3.63) is 0 Å². The first kappa shape index (κ1) is 13.4. The zero-order chi connectivity index (χ0) is 12.7. The van der Waals surface area contributed by atoms with Crippen LogP contribution in [-0.2, 0) is 0 Å². The Bertz CT molecular complexity index is 267. The van der Waals surface area contributed by atoms with Gasteiger partial charge >= 0.3 is 0 Å². The fourth-order valence-electron chi connectivity index (χ4n) is 4.08. The van der Waals surface area contributed by atoms with Gasteiger partial charge in [0.1, 0.15) is 0 Å². The van der Waals surface area contributed by atoms with E-state index in [1.54, 1.807) is 0 Å². The summed E-state index contributed by atoms with van der Waals surface area (Å²) < 4.78 is 0. The highest BCUT2D eigenvalue weighted by Crippen LogP contribution is 2.41. The summed E-state index contributed by atoms with van der Waals surface area (Å²) in [4.78, 5) is 0. The minimum Gasteiger partial charge on any atom is -0.311 e. The largest absolute Gasteiger partial charge is 0.311 e. The van der Waals surface area contributed by atoms with Gasteiger partial charge in [-0.2, -0.15) is 0 Å². The molecule has 0 aromatic heterocycles. The summed E-state index contributed by atoms with van der Waals surface area (Å²) in [5.41, 5.74) is 1.15. The number of hydrogen-bond donors (Lipinski definition) is 1. The normalized spacial score (nSPS) is 40.4. The molecule has 0 bridgehead atoms. The fourth-order valence-corrected chi connectivity index (χ4v) is 4.08. The zero-order valence-electron chi connectivity index (χ0n) is 12.5. The second-order valence-corrected chi connectivity index (χ2v) is 8.26. The monoisotopic (exact) mass is 237 g/mol. The molecule has 1 N–H and O–H groups in total. The van der Waals surface area contributed by atoms with Gasteiger partial charge in [-0.3, -0.25) is 0 Å². The standard InChI is InChI=1S/C16H31N/c1-12-10-15(2,3)9-7-14(12)17-13-6-8-16(4,5)11-13/h12-14,17H,6-11H2,1-5H3. The molecule has 100 valence electrons. The van der Waals surface area contributed by atoms with Crippen LogP contribution in [0.1, 0.15) is 73.1 Å². The van der Waals surface area contributed by atoms with Crippen LogP contribution in [0.3, 0.4) is 0 Å². The van der Waals surface area contributed by atoms with E-state index in [0.717, 1.165) is 18.0 Å². The van der Waals surface area contributed by atoms with Crippen LogP contribution in [-0.4, -0.2) is 12.1 Å². The maximum Gasteiger partial charge on any atom is 0.00956 e. The summed E-state index contributed by atoms with van der Waals surface area (Å²) in [6, 6.07) is 1.57. The molecule has 0 spiro atoms. The van der Waals surface area contributed by atoms with Gasteiger partial charge in [0, 0.05) is 12.1 Å². The fraction of sp³-hybridized carbons (Fsp3) is 1.00. The third-order valence-corrected chi connectivity index (χ3v) is 5.11. The van der Waals surface area contributed by atoms with Crippen LogP contribution >= 0.6 is 0 Å². The summed E-state index contributed by atoms with van der Waals surface area (Å²) in [6.07, 6.45) is 8.33. The Hall–Kier alpha value is -0.0400. The van der Waals surface area contributed by atoms with E-state index in [1.165, 1.54) is 38.5 Å². The predicted octanol–water partition coefficient (Wildman–Crippen LogP) is 4.37. The summed E-state index contributed by atoms with van der Waals surface area (Å²) >= 11 is 0. The van der Waals surface area contributed by atoms with Crippen molar-refractivity contribution in [2.45, 2.75) is 85.2 Å². The van der Waals surface area contributed by atoms with Gasteiger partial charge in [-0.05, 0) is 55.3 Å². The Morgan fingerprint density at radius 1 is 0.882 bits per heavy atom. The summed E-state index contributed by atoms with van der Waals surface area (Å²) in [6.45, 7) is 12.1. The van der Waals surface area contributed by atoms with Crippen LogP contribution in [0.15, 0.2) is 0 Å². The Morgan fingerprint density at radius 2 is 1.47 bits per heavy atom. The van der Waals surface area contributed by atoms with E-state index in [2.05, 4.69) is 39.9 Å². The molecule has 0 saturated heterocycles. The van der Waals surface area contributed by atoms with E-state index >= 15 is 0 Å². The van der Waals surface area contributed by atoms with Gasteiger partial charge < -0.3 is 5.32 Å². The van der Waals surface area contributed by atoms with E-state index in [9.17, 15) is 0 Å². The highest BCUT2D eigenvalue weighted by Gasteiger charge is 2.36. The van der Waals surface area contributed by atoms with Gasteiger partial charge in [0.05, 0.1) is 0 Å². The minimum absolute atomic E-state index is 0.576. The molecule has 2 aliphatic carbocycles. The van der Waals surface area contributed by atoms with Crippen molar-refractivity contribution in [2.75, 3.05) is 0 Å². The first-order valence-corrected chi connectivity index (χ1v) is 7.54. The Kier molecular flexibility index (Phi) is 3.60. The van der Waals surface area contributed by atoms with Crippen molar-refractivity contribution < 1.29 is 0 Å². The van der Waals surface area contributed by atoms with Crippen molar-refractivity contribution >= 4 is 0 Å². The second-order valence-electron chi connectivity index (χ2n) is 8.26. The summed E-state index contributed by atoms with van der Waals surface area (Å²) in [5.74, 6) is 0.850. The first-order chi connectivity index (χ1) is 7.77. The maximum absolute atomic E-state index is 3.96. The Balaban J connectivity index is 1.84. The molecule has 0 aromatic carbocycles. The SMILES string of the molecule is CC1CC(C)(C)CCC1NC1CCC(C)(C)C1. The van der Waals surface area contributed by atoms with Gasteiger partial charge in [0.25, 0.3) is 0 Å². The average molecular weight is 237 g/mol. The predicted molar refractivity (Wildman–Crippen MR) is 75.1 cm³/mol. The van der Waals surface area contributed by atoms with Gasteiger partial charge in [0.2, 0.25) is 0 Å². The number of hydrogen-bond acceptors (Lipinski definition) is 1. The van der Waals surface area contributed by atoms with Crippen LogP contribution in [0.5, 0.6) is 0 Å². The second kappa shape index (κ2) is 4.57. The van der Waals surface area contributed by atoms with Crippen LogP contribution in [0.2, 0.25) is 0 Å². The molecule has 0 aliphatic heterocycles. The molecule has 2 rings (SSSR count). The molecule has 0 aromatic rings. The van der Waals surface area contributed by atoms with Gasteiger partial charge in [-0.1, -0.05) is 34.6 Å². The molecule has 1 heteroatoms. The van der Waals surface area contributed by atoms with Crippen molar-refractivity contribution in [1.29, 1.82) is 0 Å². The Morgan fingerprint density at radius 3 is 2.00 bits per heavy atom. The minimum atomic E-state index is 0.576. The van der Waals surface area contributed by atoms with Crippen molar-refractivity contribution in [2.24, 2.45) is 16.7 Å². The van der Waals surface area contributed by atoms with Crippen LogP contribution in [0.4, 0.5) is 0 Å². The molecule has 17 heavy (non-hydrogen) atoms. The molecule has 1 nitrogen and oxygen atoms in total. The molecule has 0 heterocycles. The molecule has 2 saturated carbocycles. The Labute approximate surface area is 108 Å². The van der Waals surface area contributed by atoms with Crippen molar-refractivity contribution in [3.8, 4) is 0 Å². The third-order valence-electron chi connectivity index (χ3n) is 5.11. The number of rotatable bonds is 2. The highest BCUT2D eigenvalue weighted by molar-refractivity contribution is 4.92. The lowest BCUT2D eigenvalue weighted by Gasteiger charge is -2.41. The van der Waals surface area contributed by atoms with Crippen molar-refractivity contribution in [1.82, 2.24) is 5.32 Å². The molecule has 2 fully saturated rings. The molecule has 0 amide bonds. The van der Waals surface area contributed by atoms with E-state index in [0.29, 0.717) is 10.8 Å². The topological polar surface area (TPSA) is 12.0 Å². The molecule has 2 aliphatic rings. The average Bonchev–Trinajstić information content (AvgIpc) is 2.50. The van der Waals surface area contributed by atoms with E-state index < -0.39 is 0 Å². The van der Waals surface area contributed by atoms with Crippen LogP contribution in [0, 0.1) is 16.7 Å². The van der Waals surface area contributed by atoms with E-state index in [-0.39, 0.29) is 0 Å². The lowest BCUT2D eigenvalue weighted by atomic mass is 9.70. The van der Waals surface area contributed by atoms with Crippen molar-refractivity contribution in [3.63, 3.8) is 0 Å². The lowest BCUT2D eigenvalue weighted by molar-refractivity contribution is 0.140. The van der Waals surface area contributed by atoms with E-state index in [4.69, 9.17) is 0 Å². The smallest absolute Gasteiger partial charge is 0.00956 e. The quantitative estimate of drug-likeness (QED) is 0.752. The van der Waals surface area contributed by atoms with E-state index in [1.807, 2.05) is 0 Å². The molecule has 0 radical (unpaired) electrons. The summed E-state index contributed by atoms with van der Waals surface area (Å²) in [7, 11) is 0. The molecule has 3 atom stereocenters. The molecular formula is C16H31N. The van der Waals surface area contributed by atoms with Crippen LogP contribution < -0.4 is 5.32 Å². The van der Waals surface area contributed by atoms with Gasteiger partial charge in [0.15, 0.2) is 0 Å². The molecular weight excluding hydrogens is 206 g/mol. The zero-order valence-corrected chi connectivity index (χ0v) is 12.5. The number of nitrogens with one attached hydrogen (secondary N) is 1. The first-order valence-electron chi connectivity index (χ1n) is 7.54. The van der Waals surface area contributed by atoms with Gasteiger partial charge in [-0.15, -0.1) is 0 Å². The highest BCUT2D eigenvalue weighted by atomic mass is 15.0. The van der Waals surface area contributed by atoms with Gasteiger partial charge in [-0.25, -0.2) is 0 Å². The summed E-state index contributed by atoms with van der Waals surface area (Å²) in [5, 5.41) is 3.96. The van der Waals surface area contributed by atoms with Crippen LogP contribution in [0.25, 0.3) is 0 Å².